The van der Waals surface area contributed by atoms with E-state index in [2.05, 4.69) is 9.97 Å². The average molecular weight is 507 g/mol. The van der Waals surface area contributed by atoms with Gasteiger partial charge in [0.2, 0.25) is 5.91 Å². The highest BCUT2D eigenvalue weighted by Crippen LogP contribution is 2.28. The molecule has 1 atom stereocenters. The molecule has 1 aliphatic rings. The van der Waals surface area contributed by atoms with Gasteiger partial charge >= 0.3 is 0 Å². The number of nitrogens with zero attached hydrogens (tertiary/aromatic N) is 4. The number of fused-ring (bicyclic) bond motifs is 2. The molecule has 0 N–H and O–H groups in total. The zero-order valence-corrected chi connectivity index (χ0v) is 20.0. The molecule has 5 rings (SSSR count). The van der Waals surface area contributed by atoms with E-state index in [1.54, 1.807) is 36.5 Å². The van der Waals surface area contributed by atoms with Gasteiger partial charge in [0.05, 0.1) is 22.2 Å². The van der Waals surface area contributed by atoms with Gasteiger partial charge in [-0.2, -0.15) is 13.5 Å². The fourth-order valence-corrected chi connectivity index (χ4v) is 4.24. The van der Waals surface area contributed by atoms with Crippen molar-refractivity contribution in [2.75, 3.05) is 11.9 Å². The van der Waals surface area contributed by atoms with E-state index in [-0.39, 0.29) is 36.6 Å². The SMILES string of the molecule is CN(C(=O)[C@H](Cc1cc(F)cc(F)c1)N1C(=O)c2ccccc2C1=O)c1ccc2nccnc2c1.S. The largest absolute Gasteiger partial charge is 0.314 e. The molecule has 0 fully saturated rings. The Morgan fingerprint density at radius 3 is 2.08 bits per heavy atom. The first-order valence-electron chi connectivity index (χ1n) is 10.7. The first kappa shape index (κ1) is 24.9. The number of amides is 3. The van der Waals surface area contributed by atoms with Gasteiger partial charge in [0.25, 0.3) is 11.8 Å². The highest BCUT2D eigenvalue weighted by molar-refractivity contribution is 7.59. The molecule has 36 heavy (non-hydrogen) atoms. The van der Waals surface area contributed by atoms with Crippen LogP contribution in [-0.4, -0.2) is 45.7 Å². The minimum Gasteiger partial charge on any atom is -0.314 e. The molecule has 3 amide bonds. The van der Waals surface area contributed by atoms with Crippen LogP contribution >= 0.6 is 13.5 Å². The summed E-state index contributed by atoms with van der Waals surface area (Å²) in [5, 5.41) is 0. The van der Waals surface area contributed by atoms with Crippen LogP contribution in [0.15, 0.2) is 73.1 Å². The normalized spacial score (nSPS) is 13.4. The van der Waals surface area contributed by atoms with Crippen molar-refractivity contribution in [2.45, 2.75) is 12.5 Å². The van der Waals surface area contributed by atoms with Gasteiger partial charge in [-0.3, -0.25) is 29.3 Å². The molecule has 0 saturated carbocycles. The third-order valence-electron chi connectivity index (χ3n) is 5.94. The van der Waals surface area contributed by atoms with Crippen LogP contribution in [0.3, 0.4) is 0 Å². The number of halogens is 2. The van der Waals surface area contributed by atoms with Crippen molar-refractivity contribution in [3.8, 4) is 0 Å². The van der Waals surface area contributed by atoms with E-state index < -0.39 is 35.4 Å². The van der Waals surface area contributed by atoms with E-state index in [1.165, 1.54) is 30.3 Å². The maximum atomic E-state index is 13.9. The predicted molar refractivity (Wildman–Crippen MR) is 134 cm³/mol. The van der Waals surface area contributed by atoms with Gasteiger partial charge in [0, 0.05) is 37.6 Å². The highest BCUT2D eigenvalue weighted by atomic mass is 32.1. The maximum Gasteiger partial charge on any atom is 0.262 e. The van der Waals surface area contributed by atoms with Crippen LogP contribution in [0.4, 0.5) is 14.5 Å². The minimum absolute atomic E-state index is 0. The minimum atomic E-state index is -1.34. The molecule has 0 radical (unpaired) electrons. The number of aromatic nitrogens is 2. The summed E-state index contributed by atoms with van der Waals surface area (Å²) in [7, 11) is 1.50. The Balaban J connectivity index is 0.00000304. The third kappa shape index (κ3) is 4.42. The van der Waals surface area contributed by atoms with Crippen LogP contribution in [0.2, 0.25) is 0 Å². The van der Waals surface area contributed by atoms with Gasteiger partial charge in [-0.1, -0.05) is 12.1 Å². The van der Waals surface area contributed by atoms with E-state index in [1.807, 2.05) is 0 Å². The van der Waals surface area contributed by atoms with Crippen molar-refractivity contribution in [1.82, 2.24) is 14.9 Å². The molecule has 0 unspecified atom stereocenters. The number of rotatable bonds is 5. The molecule has 10 heteroatoms. The molecule has 0 aliphatic carbocycles. The second-order valence-corrected chi connectivity index (χ2v) is 8.15. The number of carbonyl (C=O) groups excluding carboxylic acids is 3. The summed E-state index contributed by atoms with van der Waals surface area (Å²) >= 11 is 0. The standard InChI is InChI=1S/C26H18F2N4O3.H2S/c1-31(18-6-7-21-22(14-18)30-9-8-29-21)26(35)23(12-15-10-16(27)13-17(28)11-15)32-24(33)19-4-2-3-5-20(19)25(32)34;/h2-11,13-14,23H,12H2,1H3;1H2/t23-;/m0./s1. The predicted octanol–water partition coefficient (Wildman–Crippen LogP) is 3.89. The topological polar surface area (TPSA) is 83.5 Å². The Bertz CT molecular complexity index is 1460. The van der Waals surface area contributed by atoms with E-state index in [4.69, 9.17) is 0 Å². The molecule has 0 spiro atoms. The number of imide groups is 1. The number of hydrogen-bond acceptors (Lipinski definition) is 5. The number of benzene rings is 3. The van der Waals surface area contributed by atoms with E-state index in [0.717, 1.165) is 17.0 Å². The Kier molecular flexibility index (Phi) is 6.80. The lowest BCUT2D eigenvalue weighted by atomic mass is 10.0. The van der Waals surface area contributed by atoms with E-state index >= 15 is 0 Å². The van der Waals surface area contributed by atoms with Gasteiger partial charge in [-0.25, -0.2) is 8.78 Å². The fourth-order valence-electron chi connectivity index (χ4n) is 4.24. The monoisotopic (exact) mass is 506 g/mol. The van der Waals surface area contributed by atoms with Crippen LogP contribution in [0.5, 0.6) is 0 Å². The van der Waals surface area contributed by atoms with Gasteiger partial charge in [0.1, 0.15) is 17.7 Å². The third-order valence-corrected chi connectivity index (χ3v) is 5.94. The molecular weight excluding hydrogens is 486 g/mol. The molecule has 1 aromatic heterocycles. The van der Waals surface area contributed by atoms with Crippen molar-refractivity contribution < 1.29 is 23.2 Å². The van der Waals surface area contributed by atoms with Gasteiger partial charge in [0.15, 0.2) is 0 Å². The van der Waals surface area contributed by atoms with Crippen molar-refractivity contribution in [1.29, 1.82) is 0 Å². The summed E-state index contributed by atoms with van der Waals surface area (Å²) in [4.78, 5) is 50.7. The van der Waals surface area contributed by atoms with Crippen LogP contribution in [0.1, 0.15) is 26.3 Å². The molecular formula is C26H20F2N4O3S. The highest BCUT2D eigenvalue weighted by Gasteiger charge is 2.43. The first-order chi connectivity index (χ1) is 16.8. The molecule has 0 bridgehead atoms. The van der Waals surface area contributed by atoms with Crippen molar-refractivity contribution in [2.24, 2.45) is 0 Å². The van der Waals surface area contributed by atoms with Gasteiger partial charge < -0.3 is 4.90 Å². The summed E-state index contributed by atoms with van der Waals surface area (Å²) in [5.41, 5.74) is 2.11. The van der Waals surface area contributed by atoms with Gasteiger partial charge in [-0.05, 0) is 48.0 Å². The van der Waals surface area contributed by atoms with Crippen molar-refractivity contribution >= 4 is 47.9 Å². The average Bonchev–Trinajstić information content (AvgIpc) is 3.10. The van der Waals surface area contributed by atoms with Crippen LogP contribution in [0.25, 0.3) is 11.0 Å². The number of likely N-dealkylation sites (N-methyl/N-ethyl adjacent to an activating group) is 1. The van der Waals surface area contributed by atoms with Crippen LogP contribution < -0.4 is 4.90 Å². The summed E-state index contributed by atoms with van der Waals surface area (Å²) in [5.74, 6) is -3.53. The molecule has 0 saturated heterocycles. The number of hydrogen-bond donors (Lipinski definition) is 0. The molecule has 3 aromatic carbocycles. The Hall–Kier alpha value is -4.18. The van der Waals surface area contributed by atoms with Crippen LogP contribution in [-0.2, 0) is 11.2 Å². The quantitative estimate of drug-likeness (QED) is 0.384. The summed E-state index contributed by atoms with van der Waals surface area (Å²) < 4.78 is 27.8. The summed E-state index contributed by atoms with van der Waals surface area (Å²) in [6, 6.07) is 12.8. The lowest BCUT2D eigenvalue weighted by Gasteiger charge is -2.29. The Morgan fingerprint density at radius 2 is 1.47 bits per heavy atom. The molecule has 2 heterocycles. The van der Waals surface area contributed by atoms with E-state index in [9.17, 15) is 23.2 Å². The lowest BCUT2D eigenvalue weighted by Crippen LogP contribution is -2.51. The molecule has 7 nitrogen and oxygen atoms in total. The van der Waals surface area contributed by atoms with Gasteiger partial charge in [-0.15, -0.1) is 0 Å². The second-order valence-electron chi connectivity index (χ2n) is 8.15. The van der Waals surface area contributed by atoms with E-state index in [0.29, 0.717) is 22.8 Å². The zero-order chi connectivity index (χ0) is 24.7. The summed E-state index contributed by atoms with van der Waals surface area (Å²) in [6.45, 7) is 0. The molecule has 1 aliphatic heterocycles. The zero-order valence-electron chi connectivity index (χ0n) is 19.0. The van der Waals surface area contributed by atoms with Crippen LogP contribution in [0, 0.1) is 11.6 Å². The maximum absolute atomic E-state index is 13.9. The second kappa shape index (κ2) is 9.82. The molecule has 182 valence electrons. The number of carbonyl (C=O) groups is 3. The summed E-state index contributed by atoms with van der Waals surface area (Å²) in [6.07, 6.45) is 2.80. The van der Waals surface area contributed by atoms with Crippen molar-refractivity contribution in [3.05, 3.63) is 101 Å². The first-order valence-corrected chi connectivity index (χ1v) is 10.7. The van der Waals surface area contributed by atoms with Crippen molar-refractivity contribution in [3.63, 3.8) is 0 Å². The number of anilines is 1. The smallest absolute Gasteiger partial charge is 0.262 e. The fraction of sp³-hybridized carbons (Fsp3) is 0.115. The Morgan fingerprint density at radius 1 is 0.889 bits per heavy atom. The Labute approximate surface area is 211 Å². The lowest BCUT2D eigenvalue weighted by molar-refractivity contribution is -0.122. The molecule has 4 aromatic rings.